The number of hydrogen-bond acceptors (Lipinski definition) is 4. The molecule has 1 aromatic carbocycles. The number of amides is 1. The number of hydrogen-bond donors (Lipinski definition) is 2. The summed E-state index contributed by atoms with van der Waals surface area (Å²) in [6.45, 7) is 4.76. The zero-order valence-electron chi connectivity index (χ0n) is 16.3. The first kappa shape index (κ1) is 19.7. The Balaban J connectivity index is 1.43. The van der Waals surface area contributed by atoms with Crippen LogP contribution < -0.4 is 11.1 Å². The van der Waals surface area contributed by atoms with Crippen molar-refractivity contribution >= 4 is 12.1 Å². The van der Waals surface area contributed by atoms with Crippen molar-refractivity contribution in [2.24, 2.45) is 10.7 Å². The van der Waals surface area contributed by atoms with Crippen molar-refractivity contribution in [3.8, 4) is 0 Å². The molecule has 3 rings (SSSR count). The van der Waals surface area contributed by atoms with Crippen LogP contribution in [-0.2, 0) is 17.8 Å². The van der Waals surface area contributed by atoms with Gasteiger partial charge < -0.3 is 20.7 Å². The number of guanidine groups is 1. The third-order valence-electron chi connectivity index (χ3n) is 4.68. The van der Waals surface area contributed by atoms with Crippen molar-refractivity contribution in [3.05, 3.63) is 53.9 Å². The molecule has 1 fully saturated rings. The summed E-state index contributed by atoms with van der Waals surface area (Å²) in [5.41, 5.74) is 8.25. The van der Waals surface area contributed by atoms with Crippen molar-refractivity contribution < 1.29 is 9.53 Å². The summed E-state index contributed by atoms with van der Waals surface area (Å²) in [5.74, 6) is 0.422. The van der Waals surface area contributed by atoms with Crippen LogP contribution in [0.4, 0.5) is 4.79 Å². The monoisotopic (exact) mass is 384 g/mol. The number of aliphatic imine (C=N–C) groups is 1. The number of benzene rings is 1. The molecule has 0 aliphatic carbocycles. The zero-order valence-corrected chi connectivity index (χ0v) is 16.3. The fourth-order valence-corrected chi connectivity index (χ4v) is 3.20. The molecule has 0 saturated carbocycles. The first-order valence-electron chi connectivity index (χ1n) is 9.67. The van der Waals surface area contributed by atoms with E-state index in [4.69, 9.17) is 10.5 Å². The number of likely N-dealkylation sites (tertiary alicyclic amines) is 1. The number of nitrogens with one attached hydrogen (secondary N) is 1. The summed E-state index contributed by atoms with van der Waals surface area (Å²) in [6, 6.07) is 10.4. The molecule has 1 saturated heterocycles. The van der Waals surface area contributed by atoms with Crippen LogP contribution >= 0.6 is 0 Å². The van der Waals surface area contributed by atoms with E-state index < -0.39 is 0 Å². The van der Waals surface area contributed by atoms with Gasteiger partial charge in [-0.3, -0.25) is 4.68 Å². The van der Waals surface area contributed by atoms with E-state index in [-0.39, 0.29) is 12.1 Å². The molecule has 8 heteroatoms. The van der Waals surface area contributed by atoms with Crippen LogP contribution in [0.3, 0.4) is 0 Å². The maximum atomic E-state index is 11.7. The molecule has 0 radical (unpaired) electrons. The van der Waals surface area contributed by atoms with Gasteiger partial charge in [-0.05, 0) is 25.3 Å². The quantitative estimate of drug-likeness (QED) is 0.586. The highest BCUT2D eigenvalue weighted by molar-refractivity contribution is 5.78. The summed E-state index contributed by atoms with van der Waals surface area (Å²) < 4.78 is 6.93. The molecule has 0 unspecified atom stereocenters. The molecular formula is C20H28N6O2. The highest BCUT2D eigenvalue weighted by atomic mass is 16.6. The molecule has 2 heterocycles. The topological polar surface area (TPSA) is 97.8 Å². The van der Waals surface area contributed by atoms with Crippen LogP contribution in [0.2, 0.25) is 0 Å². The Morgan fingerprint density at radius 2 is 2.04 bits per heavy atom. The first-order chi connectivity index (χ1) is 13.6. The molecule has 8 nitrogen and oxygen atoms in total. The van der Waals surface area contributed by atoms with E-state index in [9.17, 15) is 4.79 Å². The van der Waals surface area contributed by atoms with Gasteiger partial charge >= 0.3 is 6.09 Å². The number of carbonyl (C=O) groups is 1. The van der Waals surface area contributed by atoms with Gasteiger partial charge in [-0.25, -0.2) is 9.79 Å². The van der Waals surface area contributed by atoms with Gasteiger partial charge in [0, 0.05) is 30.9 Å². The second kappa shape index (κ2) is 9.77. The Hall–Kier alpha value is -3.03. The first-order valence-corrected chi connectivity index (χ1v) is 9.67. The van der Waals surface area contributed by atoms with Crippen LogP contribution in [0.25, 0.3) is 0 Å². The molecule has 150 valence electrons. The van der Waals surface area contributed by atoms with E-state index in [2.05, 4.69) is 27.5 Å². The standard InChI is InChI=1S/C20H28N6O2/c1-2-28-20(27)25-10-8-18(9-11-25)24-19(21)22-12-17-13-23-26(15-17)14-16-6-4-3-5-7-16/h3-7,13,15,18H,2,8-12,14H2,1H3,(H3,21,22,24). The molecule has 0 spiro atoms. The third kappa shape index (κ3) is 5.73. The van der Waals surface area contributed by atoms with E-state index in [0.717, 1.165) is 24.9 Å². The Labute approximate surface area is 165 Å². The Morgan fingerprint density at radius 1 is 1.29 bits per heavy atom. The predicted molar refractivity (Wildman–Crippen MR) is 108 cm³/mol. The van der Waals surface area contributed by atoms with Crippen molar-refractivity contribution in [3.63, 3.8) is 0 Å². The average molecular weight is 384 g/mol. The summed E-state index contributed by atoms with van der Waals surface area (Å²) in [7, 11) is 0. The van der Waals surface area contributed by atoms with Gasteiger partial charge in [-0.2, -0.15) is 5.10 Å². The van der Waals surface area contributed by atoms with Crippen LogP contribution in [-0.4, -0.2) is 52.5 Å². The molecule has 28 heavy (non-hydrogen) atoms. The summed E-state index contributed by atoms with van der Waals surface area (Å²) in [6.07, 6.45) is 5.21. The van der Waals surface area contributed by atoms with E-state index in [1.165, 1.54) is 5.56 Å². The van der Waals surface area contributed by atoms with E-state index >= 15 is 0 Å². The van der Waals surface area contributed by atoms with Crippen molar-refractivity contribution in [1.29, 1.82) is 0 Å². The Bertz CT molecular complexity index is 781. The molecule has 3 N–H and O–H groups in total. The zero-order chi connectivity index (χ0) is 19.8. The van der Waals surface area contributed by atoms with E-state index in [0.29, 0.717) is 32.2 Å². The van der Waals surface area contributed by atoms with Crippen molar-refractivity contribution in [2.45, 2.75) is 38.9 Å². The van der Waals surface area contributed by atoms with Crippen LogP contribution in [0, 0.1) is 0 Å². The summed E-state index contributed by atoms with van der Waals surface area (Å²) in [5, 5.41) is 7.63. The molecule has 0 atom stereocenters. The molecule has 1 amide bonds. The van der Waals surface area contributed by atoms with Gasteiger partial charge in [0.2, 0.25) is 0 Å². The van der Waals surface area contributed by atoms with Gasteiger partial charge in [0.25, 0.3) is 0 Å². The van der Waals surface area contributed by atoms with E-state index in [1.807, 2.05) is 42.2 Å². The SMILES string of the molecule is CCOC(=O)N1CCC(NC(N)=NCc2cnn(Cc3ccccc3)c2)CC1. The normalized spacial score (nSPS) is 15.5. The van der Waals surface area contributed by atoms with Crippen LogP contribution in [0.15, 0.2) is 47.7 Å². The maximum absolute atomic E-state index is 11.7. The number of nitrogens with zero attached hydrogens (tertiary/aromatic N) is 4. The minimum Gasteiger partial charge on any atom is -0.450 e. The predicted octanol–water partition coefficient (Wildman–Crippen LogP) is 1.96. The number of carbonyl (C=O) groups excluding carboxylic acids is 1. The lowest BCUT2D eigenvalue weighted by atomic mass is 10.1. The highest BCUT2D eigenvalue weighted by Gasteiger charge is 2.23. The maximum Gasteiger partial charge on any atom is 0.409 e. The number of ether oxygens (including phenoxy) is 1. The molecular weight excluding hydrogens is 356 g/mol. The van der Waals surface area contributed by atoms with Gasteiger partial charge in [-0.1, -0.05) is 30.3 Å². The van der Waals surface area contributed by atoms with Crippen molar-refractivity contribution in [2.75, 3.05) is 19.7 Å². The summed E-state index contributed by atoms with van der Waals surface area (Å²) in [4.78, 5) is 17.9. The highest BCUT2D eigenvalue weighted by Crippen LogP contribution is 2.11. The average Bonchev–Trinajstić information content (AvgIpc) is 3.15. The van der Waals surface area contributed by atoms with Crippen molar-refractivity contribution in [1.82, 2.24) is 20.0 Å². The summed E-state index contributed by atoms with van der Waals surface area (Å²) >= 11 is 0. The fraction of sp³-hybridized carbons (Fsp3) is 0.450. The lowest BCUT2D eigenvalue weighted by Gasteiger charge is -2.31. The molecule has 1 aromatic heterocycles. The second-order valence-corrected chi connectivity index (χ2v) is 6.84. The van der Waals surface area contributed by atoms with Crippen LogP contribution in [0.1, 0.15) is 30.9 Å². The molecule has 2 aromatic rings. The van der Waals surface area contributed by atoms with Crippen LogP contribution in [0.5, 0.6) is 0 Å². The van der Waals surface area contributed by atoms with Gasteiger partial charge in [0.15, 0.2) is 5.96 Å². The molecule has 1 aliphatic heterocycles. The number of aromatic nitrogens is 2. The Morgan fingerprint density at radius 3 is 2.75 bits per heavy atom. The fourth-order valence-electron chi connectivity index (χ4n) is 3.20. The lowest BCUT2D eigenvalue weighted by molar-refractivity contribution is 0.0963. The number of nitrogens with two attached hydrogens (primary N) is 1. The largest absolute Gasteiger partial charge is 0.450 e. The smallest absolute Gasteiger partial charge is 0.409 e. The van der Waals surface area contributed by atoms with Gasteiger partial charge in [0.05, 0.1) is 25.9 Å². The van der Waals surface area contributed by atoms with Gasteiger partial charge in [0.1, 0.15) is 0 Å². The second-order valence-electron chi connectivity index (χ2n) is 6.84. The minimum atomic E-state index is -0.241. The minimum absolute atomic E-state index is 0.218. The molecule has 1 aliphatic rings. The molecule has 0 bridgehead atoms. The van der Waals surface area contributed by atoms with Gasteiger partial charge in [-0.15, -0.1) is 0 Å². The van der Waals surface area contributed by atoms with E-state index in [1.54, 1.807) is 4.90 Å². The third-order valence-corrected chi connectivity index (χ3v) is 4.68. The number of rotatable bonds is 6. The lowest BCUT2D eigenvalue weighted by Crippen LogP contribution is -2.48. The Kier molecular flexibility index (Phi) is 6.89. The number of piperidine rings is 1.